The van der Waals surface area contributed by atoms with E-state index in [-0.39, 0.29) is 17.7 Å². The first-order valence-corrected chi connectivity index (χ1v) is 6.26. The summed E-state index contributed by atoms with van der Waals surface area (Å²) in [7, 11) is 3.88. The van der Waals surface area contributed by atoms with E-state index in [9.17, 15) is 9.90 Å². The largest absolute Gasteiger partial charge is 0.508 e. The lowest BCUT2D eigenvalue weighted by molar-refractivity contribution is -0.122. The molecule has 0 saturated heterocycles. The van der Waals surface area contributed by atoms with Crippen LogP contribution in [0.5, 0.6) is 5.75 Å². The summed E-state index contributed by atoms with van der Waals surface area (Å²) < 4.78 is 0. The van der Waals surface area contributed by atoms with Crippen LogP contribution in [0.3, 0.4) is 0 Å². The average molecular weight is 250 g/mol. The number of carbonyl (C=O) groups excluding carboxylic acids is 1. The molecule has 1 unspecified atom stereocenters. The number of para-hydroxylation sites is 1. The normalized spacial score (nSPS) is 12.4. The van der Waals surface area contributed by atoms with Gasteiger partial charge in [-0.2, -0.15) is 0 Å². The Labute approximate surface area is 109 Å². The Balaban J connectivity index is 2.62. The van der Waals surface area contributed by atoms with Crippen molar-refractivity contribution in [1.29, 1.82) is 0 Å². The fourth-order valence-corrected chi connectivity index (χ4v) is 1.77. The molecule has 4 nitrogen and oxygen atoms in total. The minimum atomic E-state index is -0.124. The molecule has 2 N–H and O–H groups in total. The van der Waals surface area contributed by atoms with E-state index in [2.05, 4.69) is 5.32 Å². The molecule has 0 aliphatic carbocycles. The summed E-state index contributed by atoms with van der Waals surface area (Å²) in [5, 5.41) is 12.7. The molecule has 0 aliphatic rings. The van der Waals surface area contributed by atoms with Crippen molar-refractivity contribution in [3.8, 4) is 5.75 Å². The summed E-state index contributed by atoms with van der Waals surface area (Å²) in [4.78, 5) is 13.8. The van der Waals surface area contributed by atoms with Crippen molar-refractivity contribution in [3.05, 3.63) is 29.8 Å². The first-order valence-electron chi connectivity index (χ1n) is 6.26. The van der Waals surface area contributed by atoms with Gasteiger partial charge in [0.25, 0.3) is 0 Å². The predicted molar refractivity (Wildman–Crippen MR) is 72.5 cm³/mol. The van der Waals surface area contributed by atoms with Crippen LogP contribution in [0.15, 0.2) is 24.3 Å². The lowest BCUT2D eigenvalue weighted by atomic mass is 10.0. The van der Waals surface area contributed by atoms with Gasteiger partial charge in [0, 0.05) is 18.5 Å². The standard InChI is InChI=1S/C14H22N2O2/c1-4-12(11-7-5-6-8-13(11)17)15-14(18)9-10-16(2)3/h5-8,12,17H,4,9-10H2,1-3H3,(H,15,18). The zero-order chi connectivity index (χ0) is 13.5. The van der Waals surface area contributed by atoms with Crippen LogP contribution in [-0.4, -0.2) is 36.6 Å². The van der Waals surface area contributed by atoms with Gasteiger partial charge in [-0.3, -0.25) is 4.79 Å². The molecule has 1 aromatic carbocycles. The molecular formula is C14H22N2O2. The molecule has 4 heteroatoms. The van der Waals surface area contributed by atoms with Gasteiger partial charge < -0.3 is 15.3 Å². The third kappa shape index (κ3) is 4.37. The maximum Gasteiger partial charge on any atom is 0.221 e. The van der Waals surface area contributed by atoms with Crippen LogP contribution in [0.25, 0.3) is 0 Å². The lowest BCUT2D eigenvalue weighted by Gasteiger charge is -2.19. The number of nitrogens with zero attached hydrogens (tertiary/aromatic N) is 1. The van der Waals surface area contributed by atoms with Gasteiger partial charge >= 0.3 is 0 Å². The number of rotatable bonds is 6. The number of nitrogens with one attached hydrogen (secondary N) is 1. The third-order valence-corrected chi connectivity index (χ3v) is 2.84. The van der Waals surface area contributed by atoms with Crippen molar-refractivity contribution in [2.24, 2.45) is 0 Å². The van der Waals surface area contributed by atoms with Gasteiger partial charge in [-0.05, 0) is 26.6 Å². The second kappa shape index (κ2) is 7.01. The number of hydrogen-bond acceptors (Lipinski definition) is 3. The SMILES string of the molecule is CCC(NC(=O)CCN(C)C)c1ccccc1O. The highest BCUT2D eigenvalue weighted by atomic mass is 16.3. The van der Waals surface area contributed by atoms with Gasteiger partial charge in [-0.15, -0.1) is 0 Å². The van der Waals surface area contributed by atoms with Gasteiger partial charge in [0.1, 0.15) is 5.75 Å². The monoisotopic (exact) mass is 250 g/mol. The average Bonchev–Trinajstić information content (AvgIpc) is 2.34. The minimum Gasteiger partial charge on any atom is -0.508 e. The molecule has 1 amide bonds. The molecule has 0 spiro atoms. The smallest absolute Gasteiger partial charge is 0.221 e. The molecule has 0 aromatic heterocycles. The Kier molecular flexibility index (Phi) is 5.65. The number of hydrogen-bond donors (Lipinski definition) is 2. The molecule has 18 heavy (non-hydrogen) atoms. The van der Waals surface area contributed by atoms with E-state index in [4.69, 9.17) is 0 Å². The topological polar surface area (TPSA) is 52.6 Å². The summed E-state index contributed by atoms with van der Waals surface area (Å²) >= 11 is 0. The Morgan fingerprint density at radius 1 is 1.39 bits per heavy atom. The number of benzene rings is 1. The number of carbonyl (C=O) groups is 1. The van der Waals surface area contributed by atoms with E-state index in [1.165, 1.54) is 0 Å². The van der Waals surface area contributed by atoms with E-state index >= 15 is 0 Å². The summed E-state index contributed by atoms with van der Waals surface area (Å²) in [5.41, 5.74) is 0.776. The Hall–Kier alpha value is -1.55. The number of phenolic OH excluding ortho intramolecular Hbond substituents is 1. The highest BCUT2D eigenvalue weighted by Gasteiger charge is 2.15. The molecule has 0 heterocycles. The van der Waals surface area contributed by atoms with Crippen molar-refractivity contribution in [1.82, 2.24) is 10.2 Å². The fourth-order valence-electron chi connectivity index (χ4n) is 1.77. The number of aromatic hydroxyl groups is 1. The summed E-state index contributed by atoms with van der Waals surface area (Å²) in [5.74, 6) is 0.246. The van der Waals surface area contributed by atoms with Gasteiger partial charge in [0.15, 0.2) is 0 Å². The fraction of sp³-hybridized carbons (Fsp3) is 0.500. The van der Waals surface area contributed by atoms with Crippen LogP contribution in [0.1, 0.15) is 31.4 Å². The summed E-state index contributed by atoms with van der Waals surface area (Å²) in [6.07, 6.45) is 1.22. The highest BCUT2D eigenvalue weighted by Crippen LogP contribution is 2.25. The van der Waals surface area contributed by atoms with Gasteiger partial charge in [-0.1, -0.05) is 25.1 Å². The van der Waals surface area contributed by atoms with E-state index in [1.807, 2.05) is 38.1 Å². The van der Waals surface area contributed by atoms with Crippen molar-refractivity contribution < 1.29 is 9.90 Å². The minimum absolute atomic E-state index is 0.0128. The zero-order valence-electron chi connectivity index (χ0n) is 11.3. The molecule has 0 radical (unpaired) electrons. The van der Waals surface area contributed by atoms with Crippen LogP contribution >= 0.6 is 0 Å². The van der Waals surface area contributed by atoms with Crippen LogP contribution in [0, 0.1) is 0 Å². The Bertz CT molecular complexity index is 391. The maximum atomic E-state index is 11.8. The van der Waals surface area contributed by atoms with Gasteiger partial charge in [0.2, 0.25) is 5.91 Å². The van der Waals surface area contributed by atoms with Gasteiger partial charge in [-0.25, -0.2) is 0 Å². The molecule has 100 valence electrons. The van der Waals surface area contributed by atoms with E-state index in [0.29, 0.717) is 6.42 Å². The Morgan fingerprint density at radius 2 is 2.06 bits per heavy atom. The first-order chi connectivity index (χ1) is 8.54. The van der Waals surface area contributed by atoms with Crippen LogP contribution in [0.2, 0.25) is 0 Å². The molecular weight excluding hydrogens is 228 g/mol. The van der Waals surface area contributed by atoms with Gasteiger partial charge in [0.05, 0.1) is 6.04 Å². The Morgan fingerprint density at radius 3 is 2.61 bits per heavy atom. The van der Waals surface area contributed by atoms with Crippen LogP contribution < -0.4 is 5.32 Å². The van der Waals surface area contributed by atoms with E-state index in [1.54, 1.807) is 12.1 Å². The lowest BCUT2D eigenvalue weighted by Crippen LogP contribution is -2.30. The summed E-state index contributed by atoms with van der Waals surface area (Å²) in [6.45, 7) is 2.71. The molecule has 1 rings (SSSR count). The van der Waals surface area contributed by atoms with Crippen LogP contribution in [0.4, 0.5) is 0 Å². The van der Waals surface area contributed by atoms with E-state index < -0.39 is 0 Å². The third-order valence-electron chi connectivity index (χ3n) is 2.84. The maximum absolute atomic E-state index is 11.8. The predicted octanol–water partition coefficient (Wildman–Crippen LogP) is 1.91. The second-order valence-corrected chi connectivity index (χ2v) is 4.64. The van der Waals surface area contributed by atoms with Crippen molar-refractivity contribution in [2.45, 2.75) is 25.8 Å². The summed E-state index contributed by atoms with van der Waals surface area (Å²) in [6, 6.07) is 7.00. The molecule has 1 aromatic rings. The molecule has 1 atom stereocenters. The first kappa shape index (κ1) is 14.5. The molecule has 0 fully saturated rings. The zero-order valence-corrected chi connectivity index (χ0v) is 11.3. The van der Waals surface area contributed by atoms with E-state index in [0.717, 1.165) is 18.5 Å². The molecule has 0 bridgehead atoms. The number of phenols is 1. The quantitative estimate of drug-likeness (QED) is 0.811. The van der Waals surface area contributed by atoms with Crippen molar-refractivity contribution in [2.75, 3.05) is 20.6 Å². The number of amides is 1. The molecule has 0 saturated carbocycles. The van der Waals surface area contributed by atoms with Crippen molar-refractivity contribution in [3.63, 3.8) is 0 Å². The van der Waals surface area contributed by atoms with Crippen LogP contribution in [-0.2, 0) is 4.79 Å². The van der Waals surface area contributed by atoms with Crippen molar-refractivity contribution >= 4 is 5.91 Å². The second-order valence-electron chi connectivity index (χ2n) is 4.64. The molecule has 0 aliphatic heterocycles. The highest BCUT2D eigenvalue weighted by molar-refractivity contribution is 5.76.